The van der Waals surface area contributed by atoms with Crippen molar-refractivity contribution in [2.24, 2.45) is 27.2 Å². The third-order valence-electron chi connectivity index (χ3n) is 2.15. The van der Waals surface area contributed by atoms with Gasteiger partial charge in [-0.05, 0) is 46.7 Å². The van der Waals surface area contributed by atoms with E-state index >= 15 is 0 Å². The van der Waals surface area contributed by atoms with E-state index in [1.165, 1.54) is 0 Å². The van der Waals surface area contributed by atoms with Crippen LogP contribution in [-0.4, -0.2) is 25.6 Å². The smallest absolute Gasteiger partial charge is 0.218 e. The van der Waals surface area contributed by atoms with Gasteiger partial charge in [0.25, 0.3) is 0 Å². The van der Waals surface area contributed by atoms with Gasteiger partial charge in [0, 0.05) is 10.1 Å². The molecule has 1 rings (SSSR count). The van der Waals surface area contributed by atoms with Crippen molar-refractivity contribution in [2.45, 2.75) is 6.42 Å². The van der Waals surface area contributed by atoms with Gasteiger partial charge in [-0.25, -0.2) is 0 Å². The number of ether oxygens (including phenoxy) is 1. The molecule has 0 aliphatic rings. The van der Waals surface area contributed by atoms with Crippen LogP contribution in [0.4, 0.5) is 0 Å². The predicted molar refractivity (Wildman–Crippen MR) is 81.7 cm³/mol. The Kier molecular flexibility index (Phi) is 5.69. The van der Waals surface area contributed by atoms with Gasteiger partial charge in [-0.2, -0.15) is 4.99 Å². The monoisotopic (exact) mass is 361 g/mol. The molecule has 18 heavy (non-hydrogen) atoms. The normalized spacial score (nSPS) is 11.1. The van der Waals surface area contributed by atoms with Crippen molar-refractivity contribution in [3.8, 4) is 5.75 Å². The summed E-state index contributed by atoms with van der Waals surface area (Å²) in [4.78, 5) is 7.68. The van der Waals surface area contributed by atoms with E-state index in [0.717, 1.165) is 14.9 Å². The molecule has 1 aromatic carbocycles. The van der Waals surface area contributed by atoms with Crippen molar-refractivity contribution in [2.75, 3.05) is 13.7 Å². The molecule has 7 heteroatoms. The molecule has 0 atom stereocenters. The van der Waals surface area contributed by atoms with Gasteiger partial charge < -0.3 is 21.9 Å². The highest BCUT2D eigenvalue weighted by Crippen LogP contribution is 2.21. The zero-order valence-electron chi connectivity index (χ0n) is 10.1. The van der Waals surface area contributed by atoms with Crippen LogP contribution in [0.25, 0.3) is 0 Å². The lowest BCUT2D eigenvalue weighted by Crippen LogP contribution is -2.26. The second-order valence-electron chi connectivity index (χ2n) is 3.48. The molecule has 0 unspecified atom stereocenters. The summed E-state index contributed by atoms with van der Waals surface area (Å²) >= 11 is 2.23. The summed E-state index contributed by atoms with van der Waals surface area (Å²) in [5.74, 6) is 0.833. The molecule has 0 bridgehead atoms. The molecule has 0 radical (unpaired) electrons. The largest absolute Gasteiger partial charge is 0.496 e. The topological polar surface area (TPSA) is 112 Å². The lowest BCUT2D eigenvalue weighted by Gasteiger charge is -2.07. The zero-order chi connectivity index (χ0) is 13.5. The summed E-state index contributed by atoms with van der Waals surface area (Å²) in [6, 6.07) is 5.99. The highest BCUT2D eigenvalue weighted by molar-refractivity contribution is 14.1. The Hall–Kier alpha value is -1.51. The van der Waals surface area contributed by atoms with Crippen LogP contribution in [0.3, 0.4) is 0 Å². The average molecular weight is 361 g/mol. The lowest BCUT2D eigenvalue weighted by atomic mass is 10.1. The maximum Gasteiger partial charge on any atom is 0.218 e. The third kappa shape index (κ3) is 4.78. The minimum Gasteiger partial charge on any atom is -0.496 e. The zero-order valence-corrected chi connectivity index (χ0v) is 12.2. The summed E-state index contributed by atoms with van der Waals surface area (Å²) in [6.45, 7) is 0.500. The number of hydrogen-bond donors (Lipinski definition) is 3. The molecule has 98 valence electrons. The van der Waals surface area contributed by atoms with E-state index < -0.39 is 0 Å². The van der Waals surface area contributed by atoms with Crippen LogP contribution >= 0.6 is 22.6 Å². The lowest BCUT2D eigenvalue weighted by molar-refractivity contribution is 0.409. The SMILES string of the molecule is COc1cc(I)ccc1CCN=C(N)N=C(N)N. The summed E-state index contributed by atoms with van der Waals surface area (Å²) in [5.41, 5.74) is 16.9. The Morgan fingerprint density at radius 3 is 2.67 bits per heavy atom. The molecule has 0 aliphatic heterocycles. The number of benzene rings is 1. The summed E-state index contributed by atoms with van der Waals surface area (Å²) < 4.78 is 6.42. The maximum absolute atomic E-state index is 5.50. The van der Waals surface area contributed by atoms with Gasteiger partial charge in [0.15, 0.2) is 5.96 Å². The van der Waals surface area contributed by atoms with Crippen LogP contribution in [0.2, 0.25) is 0 Å². The standard InChI is InChI=1S/C11H16IN5O/c1-18-9-6-8(12)3-2-7(9)4-5-16-11(15)17-10(13)14/h2-3,6H,4-5H2,1H3,(H6,13,14,15,16,17). The number of methoxy groups -OCH3 is 1. The first-order valence-electron chi connectivity index (χ1n) is 5.25. The van der Waals surface area contributed by atoms with Gasteiger partial charge in [-0.15, -0.1) is 0 Å². The van der Waals surface area contributed by atoms with Crippen LogP contribution in [-0.2, 0) is 6.42 Å². The first kappa shape index (κ1) is 14.6. The van der Waals surface area contributed by atoms with Crippen LogP contribution in [0.5, 0.6) is 5.75 Å². The van der Waals surface area contributed by atoms with Crippen LogP contribution < -0.4 is 21.9 Å². The van der Waals surface area contributed by atoms with Crippen molar-refractivity contribution in [1.82, 2.24) is 0 Å². The van der Waals surface area contributed by atoms with E-state index in [0.29, 0.717) is 13.0 Å². The average Bonchev–Trinajstić information content (AvgIpc) is 2.30. The summed E-state index contributed by atoms with van der Waals surface area (Å²) in [5, 5.41) is 0. The van der Waals surface area contributed by atoms with E-state index in [4.69, 9.17) is 21.9 Å². The number of nitrogens with two attached hydrogens (primary N) is 3. The molecule has 0 amide bonds. The van der Waals surface area contributed by atoms with Crippen molar-refractivity contribution in [3.05, 3.63) is 27.3 Å². The van der Waals surface area contributed by atoms with Crippen LogP contribution in [0, 0.1) is 3.57 Å². The van der Waals surface area contributed by atoms with E-state index in [1.807, 2.05) is 18.2 Å². The number of hydrogen-bond acceptors (Lipinski definition) is 2. The Balaban J connectivity index is 2.67. The van der Waals surface area contributed by atoms with E-state index in [-0.39, 0.29) is 11.9 Å². The predicted octanol–water partition coefficient (Wildman–Crippen LogP) is 0.430. The number of rotatable bonds is 4. The van der Waals surface area contributed by atoms with Crippen molar-refractivity contribution in [1.29, 1.82) is 0 Å². The van der Waals surface area contributed by atoms with E-state index in [9.17, 15) is 0 Å². The molecular formula is C11H16IN5O. The molecular weight excluding hydrogens is 345 g/mol. The molecule has 0 heterocycles. The molecule has 0 spiro atoms. The molecule has 0 aromatic heterocycles. The van der Waals surface area contributed by atoms with Crippen LogP contribution in [0.1, 0.15) is 5.56 Å². The molecule has 6 N–H and O–H groups in total. The highest BCUT2D eigenvalue weighted by Gasteiger charge is 2.03. The molecule has 0 aliphatic carbocycles. The Labute approximate surface area is 119 Å². The van der Waals surface area contributed by atoms with Crippen molar-refractivity contribution < 1.29 is 4.74 Å². The van der Waals surface area contributed by atoms with Gasteiger partial charge in [-0.1, -0.05) is 6.07 Å². The quantitative estimate of drug-likeness (QED) is 0.410. The van der Waals surface area contributed by atoms with Gasteiger partial charge >= 0.3 is 0 Å². The highest BCUT2D eigenvalue weighted by atomic mass is 127. The number of nitrogens with zero attached hydrogens (tertiary/aromatic N) is 2. The molecule has 6 nitrogen and oxygen atoms in total. The minimum absolute atomic E-state index is 0.0829. The van der Waals surface area contributed by atoms with Gasteiger partial charge in [0.2, 0.25) is 5.96 Å². The first-order chi connectivity index (χ1) is 8.52. The molecule has 0 fully saturated rings. The number of aliphatic imine (C=N–C) groups is 2. The molecule has 0 saturated carbocycles. The van der Waals surface area contributed by atoms with Gasteiger partial charge in [0.1, 0.15) is 5.75 Å². The number of halogens is 1. The maximum atomic E-state index is 5.50. The van der Waals surface area contributed by atoms with Crippen molar-refractivity contribution >= 4 is 34.5 Å². The van der Waals surface area contributed by atoms with E-state index in [1.54, 1.807) is 7.11 Å². The fourth-order valence-electron chi connectivity index (χ4n) is 1.38. The van der Waals surface area contributed by atoms with Gasteiger partial charge in [-0.3, -0.25) is 4.99 Å². The Bertz CT molecular complexity index is 469. The van der Waals surface area contributed by atoms with Gasteiger partial charge in [0.05, 0.1) is 7.11 Å². The summed E-state index contributed by atoms with van der Waals surface area (Å²) in [6.07, 6.45) is 0.709. The second kappa shape index (κ2) is 7.04. The van der Waals surface area contributed by atoms with Crippen molar-refractivity contribution in [3.63, 3.8) is 0 Å². The third-order valence-corrected chi connectivity index (χ3v) is 2.82. The minimum atomic E-state index is -0.0944. The van der Waals surface area contributed by atoms with Crippen LogP contribution in [0.15, 0.2) is 28.2 Å². The fraction of sp³-hybridized carbons (Fsp3) is 0.273. The second-order valence-corrected chi connectivity index (χ2v) is 4.73. The first-order valence-corrected chi connectivity index (χ1v) is 6.32. The molecule has 0 saturated heterocycles. The summed E-state index contributed by atoms with van der Waals surface area (Å²) in [7, 11) is 1.64. The fourth-order valence-corrected chi connectivity index (χ4v) is 1.85. The van der Waals surface area contributed by atoms with E-state index in [2.05, 4.69) is 32.6 Å². The number of guanidine groups is 2. The Morgan fingerprint density at radius 2 is 2.06 bits per heavy atom. The Morgan fingerprint density at radius 1 is 1.33 bits per heavy atom. The molecule has 1 aromatic rings.